The van der Waals surface area contributed by atoms with E-state index in [0.717, 1.165) is 34.6 Å². The third-order valence-electron chi connectivity index (χ3n) is 5.09. The number of tetrazole rings is 1. The van der Waals surface area contributed by atoms with E-state index < -0.39 is 5.97 Å². The van der Waals surface area contributed by atoms with Gasteiger partial charge in [0.25, 0.3) is 0 Å². The summed E-state index contributed by atoms with van der Waals surface area (Å²) in [6.07, 6.45) is 2.51. The number of hydrogen-bond donors (Lipinski definition) is 4. The fraction of sp³-hybridized carbons (Fsp3) is 0.429. The highest BCUT2D eigenvalue weighted by atomic mass is 16.5. The number of aromatic amines is 1. The third-order valence-corrected chi connectivity index (χ3v) is 5.09. The van der Waals surface area contributed by atoms with Gasteiger partial charge >= 0.3 is 5.97 Å². The quantitative estimate of drug-likeness (QED) is 0.347. The van der Waals surface area contributed by atoms with Gasteiger partial charge in [-0.2, -0.15) is 10.2 Å². The van der Waals surface area contributed by atoms with Crippen molar-refractivity contribution in [3.05, 3.63) is 46.4 Å². The maximum atomic E-state index is 11.3. The molecule has 11 nitrogen and oxygen atoms in total. The van der Waals surface area contributed by atoms with Crippen molar-refractivity contribution in [2.24, 2.45) is 0 Å². The number of methoxy groups -OCH3 is 1. The molecule has 0 aliphatic carbocycles. The number of aliphatic carboxylic acids is 1. The highest BCUT2D eigenvalue weighted by Crippen LogP contribution is 2.28. The van der Waals surface area contributed by atoms with E-state index in [2.05, 4.69) is 35.9 Å². The molecule has 0 aliphatic heterocycles. The molecule has 0 amide bonds. The van der Waals surface area contributed by atoms with Crippen LogP contribution in [-0.2, 0) is 17.6 Å². The lowest BCUT2D eigenvalue weighted by molar-refractivity contribution is -0.137. The number of nitrogens with two attached hydrogens (primary N) is 1. The third kappa shape index (κ3) is 5.90. The molecule has 0 aliphatic rings. The van der Waals surface area contributed by atoms with Crippen LogP contribution in [0.4, 0.5) is 11.8 Å². The summed E-state index contributed by atoms with van der Waals surface area (Å²) in [6, 6.07) is 5.61. The molecule has 5 N–H and O–H groups in total. The van der Waals surface area contributed by atoms with Crippen LogP contribution in [0.25, 0.3) is 0 Å². The monoisotopic (exact) mass is 440 g/mol. The van der Waals surface area contributed by atoms with Crippen LogP contribution in [0.3, 0.4) is 0 Å². The summed E-state index contributed by atoms with van der Waals surface area (Å²) in [5.41, 5.74) is 9.38. The van der Waals surface area contributed by atoms with Crippen molar-refractivity contribution in [2.75, 3.05) is 18.2 Å². The molecule has 11 heteroatoms. The van der Waals surface area contributed by atoms with E-state index in [4.69, 9.17) is 10.5 Å². The van der Waals surface area contributed by atoms with Gasteiger partial charge in [0, 0.05) is 30.1 Å². The number of carbonyl (C=O) groups is 1. The number of ether oxygens (including phenoxy) is 1. The number of carboxylic acids is 1. The highest BCUT2D eigenvalue weighted by Gasteiger charge is 2.19. The standard InChI is InChI=1S/C21H28N8O3/c1-4-5-15(11-19(30)31)24-20-16(12(2)23-21(22)25-20)10-14-8-13(6-7-17(14)32-3)9-18-26-28-29-27-18/h6-8,15H,4-5,9-11H2,1-3H3,(H,30,31)(H3,22,23,24,25)(H,26,27,28,29). The van der Waals surface area contributed by atoms with Gasteiger partial charge in [-0.25, -0.2) is 4.98 Å². The Balaban J connectivity index is 1.94. The average Bonchev–Trinajstić information content (AvgIpc) is 3.23. The van der Waals surface area contributed by atoms with Crippen LogP contribution >= 0.6 is 0 Å². The minimum atomic E-state index is -0.868. The Morgan fingerprint density at radius 3 is 2.78 bits per heavy atom. The zero-order valence-electron chi connectivity index (χ0n) is 18.4. The lowest BCUT2D eigenvalue weighted by Crippen LogP contribution is -2.25. The van der Waals surface area contributed by atoms with Crippen LogP contribution in [0, 0.1) is 6.92 Å². The highest BCUT2D eigenvalue weighted by molar-refractivity contribution is 5.68. The van der Waals surface area contributed by atoms with Gasteiger partial charge in [0.05, 0.1) is 13.5 Å². The number of rotatable bonds is 11. The second-order valence-corrected chi connectivity index (χ2v) is 7.55. The summed E-state index contributed by atoms with van der Waals surface area (Å²) in [5, 5.41) is 26.6. The van der Waals surface area contributed by atoms with Crippen molar-refractivity contribution in [3.63, 3.8) is 0 Å². The zero-order valence-corrected chi connectivity index (χ0v) is 18.4. The number of nitrogens with zero attached hydrogens (tertiary/aromatic N) is 5. The van der Waals surface area contributed by atoms with Crippen LogP contribution in [-0.4, -0.2) is 54.8 Å². The second-order valence-electron chi connectivity index (χ2n) is 7.55. The number of aryl methyl sites for hydroxylation is 1. The fourth-order valence-electron chi connectivity index (χ4n) is 3.64. The molecule has 0 radical (unpaired) electrons. The van der Waals surface area contributed by atoms with E-state index in [1.807, 2.05) is 32.0 Å². The number of nitrogens with one attached hydrogen (secondary N) is 2. The Kier molecular flexibility index (Phi) is 7.53. The van der Waals surface area contributed by atoms with Gasteiger partial charge < -0.3 is 20.9 Å². The first-order chi connectivity index (χ1) is 15.4. The second kappa shape index (κ2) is 10.5. The molecule has 1 unspecified atom stereocenters. The van der Waals surface area contributed by atoms with Crippen molar-refractivity contribution < 1.29 is 14.6 Å². The first-order valence-corrected chi connectivity index (χ1v) is 10.4. The van der Waals surface area contributed by atoms with Crippen LogP contribution in [0.5, 0.6) is 5.75 Å². The SMILES string of the molecule is CCCC(CC(=O)O)Nc1nc(N)nc(C)c1Cc1cc(Cc2nn[nH]n2)ccc1OC. The van der Waals surface area contributed by atoms with E-state index in [0.29, 0.717) is 30.9 Å². The molecular weight excluding hydrogens is 412 g/mol. The van der Waals surface area contributed by atoms with Crippen LogP contribution in [0.1, 0.15) is 54.4 Å². The molecule has 32 heavy (non-hydrogen) atoms. The Hall–Kier alpha value is -3.76. The summed E-state index contributed by atoms with van der Waals surface area (Å²) < 4.78 is 5.57. The molecular formula is C21H28N8O3. The molecule has 0 saturated carbocycles. The maximum Gasteiger partial charge on any atom is 0.305 e. The lowest BCUT2D eigenvalue weighted by atomic mass is 9.99. The molecule has 170 valence electrons. The van der Waals surface area contributed by atoms with Gasteiger partial charge in [-0.1, -0.05) is 30.7 Å². The topological polar surface area (TPSA) is 165 Å². The van der Waals surface area contributed by atoms with Crippen molar-refractivity contribution >= 4 is 17.7 Å². The number of anilines is 2. The van der Waals surface area contributed by atoms with Gasteiger partial charge in [-0.05, 0) is 30.5 Å². The number of nitrogen functional groups attached to an aromatic ring is 1. The first-order valence-electron chi connectivity index (χ1n) is 10.4. The summed E-state index contributed by atoms with van der Waals surface area (Å²) >= 11 is 0. The van der Waals surface area contributed by atoms with Gasteiger partial charge in [0.1, 0.15) is 11.6 Å². The predicted molar refractivity (Wildman–Crippen MR) is 119 cm³/mol. The molecule has 3 aromatic rings. The summed E-state index contributed by atoms with van der Waals surface area (Å²) in [5.74, 6) is 1.12. The minimum absolute atomic E-state index is 0.0141. The molecule has 3 rings (SSSR count). The van der Waals surface area contributed by atoms with Crippen LogP contribution in [0.15, 0.2) is 18.2 Å². The molecule has 0 saturated heterocycles. The molecule has 2 aromatic heterocycles. The van der Waals surface area contributed by atoms with E-state index in [1.165, 1.54) is 0 Å². The van der Waals surface area contributed by atoms with Gasteiger partial charge in [-0.15, -0.1) is 10.2 Å². The van der Waals surface area contributed by atoms with Crippen molar-refractivity contribution in [3.8, 4) is 5.75 Å². The zero-order chi connectivity index (χ0) is 23.1. The largest absolute Gasteiger partial charge is 0.496 e. The summed E-state index contributed by atoms with van der Waals surface area (Å²) in [4.78, 5) is 20.0. The molecule has 2 heterocycles. The van der Waals surface area contributed by atoms with Crippen molar-refractivity contribution in [2.45, 2.75) is 52.0 Å². The predicted octanol–water partition coefficient (Wildman–Crippen LogP) is 2.13. The van der Waals surface area contributed by atoms with Gasteiger partial charge in [0.15, 0.2) is 5.82 Å². The van der Waals surface area contributed by atoms with E-state index >= 15 is 0 Å². The van der Waals surface area contributed by atoms with Gasteiger partial charge in [0.2, 0.25) is 5.95 Å². The Bertz CT molecular complexity index is 1060. The maximum absolute atomic E-state index is 11.3. The van der Waals surface area contributed by atoms with E-state index in [1.54, 1.807) is 7.11 Å². The Morgan fingerprint density at radius 1 is 1.31 bits per heavy atom. The minimum Gasteiger partial charge on any atom is -0.496 e. The summed E-state index contributed by atoms with van der Waals surface area (Å²) in [7, 11) is 1.62. The van der Waals surface area contributed by atoms with E-state index in [9.17, 15) is 9.90 Å². The molecule has 0 fully saturated rings. The van der Waals surface area contributed by atoms with Crippen molar-refractivity contribution in [1.82, 2.24) is 30.6 Å². The number of hydrogen-bond acceptors (Lipinski definition) is 9. The smallest absolute Gasteiger partial charge is 0.305 e. The van der Waals surface area contributed by atoms with Crippen LogP contribution < -0.4 is 15.8 Å². The van der Waals surface area contributed by atoms with Gasteiger partial charge in [-0.3, -0.25) is 4.79 Å². The number of H-pyrrole nitrogens is 1. The normalized spacial score (nSPS) is 11.8. The Labute approximate surface area is 185 Å². The first kappa shape index (κ1) is 22.9. The Morgan fingerprint density at radius 2 is 2.12 bits per heavy atom. The average molecular weight is 441 g/mol. The number of carboxylic acid groups (broad SMARTS) is 1. The molecule has 0 spiro atoms. The number of aromatic nitrogens is 6. The summed E-state index contributed by atoms with van der Waals surface area (Å²) in [6.45, 7) is 3.87. The number of benzene rings is 1. The molecule has 1 aromatic carbocycles. The lowest BCUT2D eigenvalue weighted by Gasteiger charge is -2.21. The van der Waals surface area contributed by atoms with E-state index in [-0.39, 0.29) is 18.4 Å². The molecule has 0 bridgehead atoms. The van der Waals surface area contributed by atoms with Crippen molar-refractivity contribution in [1.29, 1.82) is 0 Å². The fourth-order valence-corrected chi connectivity index (χ4v) is 3.64. The molecule has 1 atom stereocenters. The van der Waals surface area contributed by atoms with Crippen LogP contribution in [0.2, 0.25) is 0 Å².